The summed E-state index contributed by atoms with van der Waals surface area (Å²) in [7, 11) is 0. The maximum absolute atomic E-state index is 11.1. The topological polar surface area (TPSA) is 96.6 Å². The van der Waals surface area contributed by atoms with Crippen LogP contribution in [0.25, 0.3) is 0 Å². The predicted octanol–water partition coefficient (Wildman–Crippen LogP) is 1.99. The van der Waals surface area contributed by atoms with Crippen molar-refractivity contribution < 1.29 is 14.8 Å². The van der Waals surface area contributed by atoms with Crippen LogP contribution in [0.5, 0.6) is 0 Å². The van der Waals surface area contributed by atoms with Gasteiger partial charge in [0.1, 0.15) is 6.54 Å². The zero-order chi connectivity index (χ0) is 14.8. The van der Waals surface area contributed by atoms with Gasteiger partial charge in [0, 0.05) is 17.8 Å². The maximum Gasteiger partial charge on any atom is 0.323 e. The first-order valence-corrected chi connectivity index (χ1v) is 5.73. The molecule has 0 bridgehead atoms. The van der Waals surface area contributed by atoms with Gasteiger partial charge in [0.2, 0.25) is 5.82 Å². The fourth-order valence-electron chi connectivity index (χ4n) is 1.65. The van der Waals surface area contributed by atoms with E-state index in [1.54, 1.807) is 27.7 Å². The first-order chi connectivity index (χ1) is 8.62. The van der Waals surface area contributed by atoms with Gasteiger partial charge in [-0.3, -0.25) is 14.9 Å². The van der Waals surface area contributed by atoms with Crippen LogP contribution in [-0.2, 0) is 4.79 Å². The molecule has 1 N–H and O–H groups in total. The summed E-state index contributed by atoms with van der Waals surface area (Å²) < 4.78 is 0. The van der Waals surface area contributed by atoms with Crippen molar-refractivity contribution >= 4 is 17.5 Å². The third-order valence-electron chi connectivity index (χ3n) is 2.54. The molecule has 0 saturated carbocycles. The van der Waals surface area contributed by atoms with E-state index >= 15 is 0 Å². The van der Waals surface area contributed by atoms with E-state index < -0.39 is 16.4 Å². The fourth-order valence-corrected chi connectivity index (χ4v) is 1.65. The Kier molecular flexibility index (Phi) is 4.08. The number of rotatable bonds is 4. The Morgan fingerprint density at radius 1 is 1.53 bits per heavy atom. The highest BCUT2D eigenvalue weighted by atomic mass is 16.6. The third kappa shape index (κ3) is 3.64. The highest BCUT2D eigenvalue weighted by Gasteiger charge is 2.31. The van der Waals surface area contributed by atoms with E-state index in [2.05, 4.69) is 4.98 Å². The second-order valence-electron chi connectivity index (χ2n) is 5.26. The van der Waals surface area contributed by atoms with Crippen molar-refractivity contribution in [2.75, 3.05) is 11.4 Å². The number of hydrogen-bond donors (Lipinski definition) is 1. The number of nitrogens with zero attached hydrogens (tertiary/aromatic N) is 3. The minimum atomic E-state index is -1.06. The number of aryl methyl sites for hydroxylation is 1. The fraction of sp³-hybridized carbons (Fsp3) is 0.500. The lowest BCUT2D eigenvalue weighted by atomic mass is 10.1. The van der Waals surface area contributed by atoms with Gasteiger partial charge >= 0.3 is 11.7 Å². The van der Waals surface area contributed by atoms with Crippen molar-refractivity contribution in [1.82, 2.24) is 4.98 Å². The molecule has 0 aromatic carbocycles. The van der Waals surface area contributed by atoms with Crippen molar-refractivity contribution in [3.05, 3.63) is 27.9 Å². The molecule has 104 valence electrons. The average Bonchev–Trinajstić information content (AvgIpc) is 2.24. The summed E-state index contributed by atoms with van der Waals surface area (Å²) >= 11 is 0. The zero-order valence-corrected chi connectivity index (χ0v) is 11.4. The summed E-state index contributed by atoms with van der Waals surface area (Å²) in [4.78, 5) is 26.9. The third-order valence-corrected chi connectivity index (χ3v) is 2.54. The lowest BCUT2D eigenvalue weighted by molar-refractivity contribution is -0.384. The number of aliphatic carboxylic acids is 1. The molecule has 7 nitrogen and oxygen atoms in total. The first kappa shape index (κ1) is 14.9. The van der Waals surface area contributed by atoms with Gasteiger partial charge in [0.25, 0.3) is 0 Å². The molecule has 1 heterocycles. The minimum Gasteiger partial charge on any atom is -0.480 e. The molecular formula is C12H17N3O4. The molecule has 1 aromatic heterocycles. The smallest absolute Gasteiger partial charge is 0.323 e. The molecule has 0 aliphatic rings. The van der Waals surface area contributed by atoms with E-state index in [1.807, 2.05) is 0 Å². The van der Waals surface area contributed by atoms with Crippen LogP contribution >= 0.6 is 0 Å². The molecule has 0 amide bonds. The number of carboxylic acids is 1. The Hall–Kier alpha value is -2.18. The normalized spacial score (nSPS) is 11.2. The molecule has 0 radical (unpaired) electrons. The van der Waals surface area contributed by atoms with Gasteiger partial charge in [0.15, 0.2) is 0 Å². The Morgan fingerprint density at radius 2 is 2.11 bits per heavy atom. The second-order valence-corrected chi connectivity index (χ2v) is 5.26. The summed E-state index contributed by atoms with van der Waals surface area (Å²) in [6.07, 6.45) is 1.49. The van der Waals surface area contributed by atoms with Crippen LogP contribution in [0.4, 0.5) is 11.5 Å². The number of aromatic nitrogens is 1. The summed E-state index contributed by atoms with van der Waals surface area (Å²) in [6, 6.07) is 1.39. The van der Waals surface area contributed by atoms with E-state index in [0.29, 0.717) is 5.56 Å². The second kappa shape index (κ2) is 5.21. The average molecular weight is 267 g/mol. The summed E-state index contributed by atoms with van der Waals surface area (Å²) in [5.74, 6) is -0.989. The SMILES string of the molecule is Cc1cnc(N(CC(=O)O)C(C)(C)C)c([N+](=O)[O-])c1. The van der Waals surface area contributed by atoms with E-state index in [0.717, 1.165) is 0 Å². The molecule has 0 saturated heterocycles. The Morgan fingerprint density at radius 3 is 2.53 bits per heavy atom. The minimum absolute atomic E-state index is 0.0745. The largest absolute Gasteiger partial charge is 0.480 e. The molecule has 7 heteroatoms. The standard InChI is InChI=1S/C12H17N3O4/c1-8-5-9(15(18)19)11(13-6-8)14(7-10(16)17)12(2,3)4/h5-6H,7H2,1-4H3,(H,16,17). The Labute approximate surface area is 111 Å². The lowest BCUT2D eigenvalue weighted by Crippen LogP contribution is -2.45. The number of hydrogen-bond acceptors (Lipinski definition) is 5. The molecule has 19 heavy (non-hydrogen) atoms. The monoisotopic (exact) mass is 267 g/mol. The molecular weight excluding hydrogens is 250 g/mol. The predicted molar refractivity (Wildman–Crippen MR) is 70.4 cm³/mol. The highest BCUT2D eigenvalue weighted by molar-refractivity contribution is 5.75. The van der Waals surface area contributed by atoms with Gasteiger partial charge in [-0.1, -0.05) is 0 Å². The maximum atomic E-state index is 11.1. The van der Waals surface area contributed by atoms with E-state index in [-0.39, 0.29) is 18.1 Å². The zero-order valence-electron chi connectivity index (χ0n) is 11.4. The van der Waals surface area contributed by atoms with Crippen LogP contribution < -0.4 is 4.90 Å². The van der Waals surface area contributed by atoms with Gasteiger partial charge in [-0.2, -0.15) is 0 Å². The van der Waals surface area contributed by atoms with Gasteiger partial charge in [-0.25, -0.2) is 4.98 Å². The number of pyridine rings is 1. The summed E-state index contributed by atoms with van der Waals surface area (Å²) in [5, 5.41) is 20.0. The Bertz CT molecular complexity index is 508. The van der Waals surface area contributed by atoms with Crippen LogP contribution in [0, 0.1) is 17.0 Å². The van der Waals surface area contributed by atoms with E-state index in [9.17, 15) is 14.9 Å². The van der Waals surface area contributed by atoms with Gasteiger partial charge in [0.05, 0.1) is 4.92 Å². The molecule has 0 unspecified atom stereocenters. The van der Waals surface area contributed by atoms with Crippen LogP contribution in [0.1, 0.15) is 26.3 Å². The first-order valence-electron chi connectivity index (χ1n) is 5.73. The van der Waals surface area contributed by atoms with Crippen molar-refractivity contribution in [3.8, 4) is 0 Å². The van der Waals surface area contributed by atoms with Gasteiger partial charge in [-0.05, 0) is 33.3 Å². The molecule has 0 atom stereocenters. The van der Waals surface area contributed by atoms with Gasteiger partial charge < -0.3 is 10.0 Å². The number of anilines is 1. The van der Waals surface area contributed by atoms with E-state index in [1.165, 1.54) is 17.2 Å². The van der Waals surface area contributed by atoms with Crippen LogP contribution in [0.2, 0.25) is 0 Å². The number of carboxylic acid groups (broad SMARTS) is 1. The molecule has 1 aromatic rings. The van der Waals surface area contributed by atoms with Crippen molar-refractivity contribution in [1.29, 1.82) is 0 Å². The van der Waals surface area contributed by atoms with Crippen molar-refractivity contribution in [2.24, 2.45) is 0 Å². The number of carbonyl (C=O) groups is 1. The summed E-state index contributed by atoms with van der Waals surface area (Å²) in [5.41, 5.74) is -0.124. The number of nitro groups is 1. The van der Waals surface area contributed by atoms with Gasteiger partial charge in [-0.15, -0.1) is 0 Å². The lowest BCUT2D eigenvalue weighted by Gasteiger charge is -2.34. The Balaban J connectivity index is 3.37. The molecule has 0 fully saturated rings. The molecule has 0 aliphatic heterocycles. The van der Waals surface area contributed by atoms with Crippen molar-refractivity contribution in [2.45, 2.75) is 33.2 Å². The van der Waals surface area contributed by atoms with E-state index in [4.69, 9.17) is 5.11 Å². The molecule has 0 spiro atoms. The summed E-state index contributed by atoms with van der Waals surface area (Å²) in [6.45, 7) is 6.69. The van der Waals surface area contributed by atoms with Crippen LogP contribution in [-0.4, -0.2) is 33.1 Å². The highest BCUT2D eigenvalue weighted by Crippen LogP contribution is 2.31. The molecule has 1 rings (SSSR count). The van der Waals surface area contributed by atoms with Crippen molar-refractivity contribution in [3.63, 3.8) is 0 Å². The van der Waals surface area contributed by atoms with Crippen LogP contribution in [0.3, 0.4) is 0 Å². The van der Waals surface area contributed by atoms with Crippen LogP contribution in [0.15, 0.2) is 12.3 Å². The molecule has 0 aliphatic carbocycles. The quantitative estimate of drug-likeness (QED) is 0.662.